The van der Waals surface area contributed by atoms with Crippen LogP contribution in [0.15, 0.2) is 0 Å². The SMILES string of the molecule is O.[Al+3].[F-].[O-2]. The van der Waals surface area contributed by atoms with Crippen LogP contribution in [-0.4, -0.2) is 22.8 Å². The molecule has 0 aromatic carbocycles. The quantitative estimate of drug-likeness (QED) is 0.264. The van der Waals surface area contributed by atoms with Crippen LogP contribution in [0, 0.1) is 0 Å². The Bertz CT molecular complexity index is 6.00. The van der Waals surface area contributed by atoms with Gasteiger partial charge in [0.2, 0.25) is 0 Å². The predicted octanol–water partition coefficient (Wildman–Crippen LogP) is -4.32. The molecular weight excluding hydrogens is 78.0 g/mol. The first-order chi connectivity index (χ1) is 0. The zero-order valence-corrected chi connectivity index (χ0v) is 3.02. The third-order valence-corrected chi connectivity index (χ3v) is 0. The van der Waals surface area contributed by atoms with Gasteiger partial charge in [0, 0.05) is 0 Å². The first-order valence-electron chi connectivity index (χ1n) is 0. The summed E-state index contributed by atoms with van der Waals surface area (Å²) in [7, 11) is 0. The Labute approximate surface area is 33.9 Å². The van der Waals surface area contributed by atoms with Crippen LogP contribution >= 0.6 is 0 Å². The normalized spacial score (nSPS) is 0. The fraction of sp³-hybridized carbons (Fsp3) is 0. The first-order valence-corrected chi connectivity index (χ1v) is 0. The van der Waals surface area contributed by atoms with Crippen molar-refractivity contribution in [3.8, 4) is 0 Å². The second-order valence-corrected chi connectivity index (χ2v) is 0. The van der Waals surface area contributed by atoms with Crippen LogP contribution in [0.25, 0.3) is 0 Å². The van der Waals surface area contributed by atoms with Gasteiger partial charge in [-0.15, -0.1) is 0 Å². The Morgan fingerprint density at radius 3 is 1.00 bits per heavy atom. The first kappa shape index (κ1) is 343. The van der Waals surface area contributed by atoms with E-state index in [2.05, 4.69) is 0 Å². The molecule has 0 aromatic heterocycles. The van der Waals surface area contributed by atoms with E-state index in [1.807, 2.05) is 0 Å². The van der Waals surface area contributed by atoms with E-state index in [1.165, 1.54) is 0 Å². The average molecular weight is 80.0 g/mol. The van der Waals surface area contributed by atoms with Gasteiger partial charge in [0.15, 0.2) is 0 Å². The van der Waals surface area contributed by atoms with E-state index in [1.54, 1.807) is 0 Å². The fourth-order valence-electron chi connectivity index (χ4n) is 0. The molecule has 0 fully saturated rings. The molecule has 0 saturated heterocycles. The van der Waals surface area contributed by atoms with Gasteiger partial charge in [0.05, 0.1) is 0 Å². The summed E-state index contributed by atoms with van der Waals surface area (Å²) in [6.45, 7) is 0. The topological polar surface area (TPSA) is 60.0 Å². The maximum atomic E-state index is 0. The van der Waals surface area contributed by atoms with E-state index in [9.17, 15) is 0 Å². The van der Waals surface area contributed by atoms with E-state index in [0.717, 1.165) is 0 Å². The van der Waals surface area contributed by atoms with Gasteiger partial charge in [-0.2, -0.15) is 0 Å². The van der Waals surface area contributed by atoms with Gasteiger partial charge >= 0.3 is 17.4 Å². The molecule has 0 unspecified atom stereocenters. The summed E-state index contributed by atoms with van der Waals surface area (Å²) in [5, 5.41) is 0. The van der Waals surface area contributed by atoms with Crippen LogP contribution in [0.2, 0.25) is 0 Å². The molecule has 0 heterocycles. The second kappa shape index (κ2) is 131. The molecular formula is H2AlFO2. The van der Waals surface area contributed by atoms with Gasteiger partial charge in [-0.3, -0.25) is 0 Å². The summed E-state index contributed by atoms with van der Waals surface area (Å²) in [5.41, 5.74) is 0. The molecule has 0 aliphatic carbocycles. The summed E-state index contributed by atoms with van der Waals surface area (Å²) in [6, 6.07) is 0. The third kappa shape index (κ3) is 31.1. The number of halogens is 1. The van der Waals surface area contributed by atoms with Gasteiger partial charge in [-0.1, -0.05) is 0 Å². The number of hydrogen-bond acceptors (Lipinski definition) is 0. The van der Waals surface area contributed by atoms with Crippen molar-refractivity contribution in [1.29, 1.82) is 0 Å². The summed E-state index contributed by atoms with van der Waals surface area (Å²) < 4.78 is 0. The van der Waals surface area contributed by atoms with E-state index < -0.39 is 0 Å². The molecule has 0 rings (SSSR count). The van der Waals surface area contributed by atoms with E-state index in [-0.39, 0.29) is 33.0 Å². The third-order valence-electron chi connectivity index (χ3n) is 0. The average Bonchev–Trinajstić information content (AvgIpc) is 0. The molecule has 0 aliphatic heterocycles. The predicted molar refractivity (Wildman–Crippen MR) is 10.1 cm³/mol. The van der Waals surface area contributed by atoms with Crippen molar-refractivity contribution in [2.75, 3.05) is 0 Å². The van der Waals surface area contributed by atoms with Gasteiger partial charge in [0.1, 0.15) is 0 Å². The Balaban J connectivity index is 0. The van der Waals surface area contributed by atoms with Crippen molar-refractivity contribution in [2.24, 2.45) is 0 Å². The van der Waals surface area contributed by atoms with E-state index in [0.29, 0.717) is 0 Å². The zero-order valence-electron chi connectivity index (χ0n) is 1.86. The summed E-state index contributed by atoms with van der Waals surface area (Å²) in [5.74, 6) is 0. The molecule has 0 radical (unpaired) electrons. The van der Waals surface area contributed by atoms with Crippen molar-refractivity contribution in [3.63, 3.8) is 0 Å². The van der Waals surface area contributed by atoms with Crippen LogP contribution in [0.4, 0.5) is 0 Å². The largest absolute Gasteiger partial charge is 3.00 e. The smallest absolute Gasteiger partial charge is 2.00 e. The van der Waals surface area contributed by atoms with Crippen molar-refractivity contribution >= 4 is 17.4 Å². The summed E-state index contributed by atoms with van der Waals surface area (Å²) in [6.07, 6.45) is 0. The maximum absolute atomic E-state index is 0. The minimum atomic E-state index is 0. The van der Waals surface area contributed by atoms with Crippen LogP contribution in [0.5, 0.6) is 0 Å². The molecule has 0 spiro atoms. The molecule has 0 aromatic rings. The second-order valence-electron chi connectivity index (χ2n) is 0. The molecule has 4 heavy (non-hydrogen) atoms. The molecule has 0 atom stereocenters. The van der Waals surface area contributed by atoms with Gasteiger partial charge in [-0.25, -0.2) is 0 Å². The Kier molecular flexibility index (Phi) is 11200. The van der Waals surface area contributed by atoms with Gasteiger partial charge in [-0.05, 0) is 0 Å². The van der Waals surface area contributed by atoms with Crippen LogP contribution < -0.4 is 4.70 Å². The van der Waals surface area contributed by atoms with Crippen molar-refractivity contribution in [1.82, 2.24) is 0 Å². The van der Waals surface area contributed by atoms with Crippen molar-refractivity contribution in [2.45, 2.75) is 0 Å². The van der Waals surface area contributed by atoms with E-state index in [4.69, 9.17) is 0 Å². The minimum absolute atomic E-state index is 0. The van der Waals surface area contributed by atoms with Crippen LogP contribution in [0.1, 0.15) is 0 Å². The standard InChI is InChI=1S/Al.FH.H2O.O/h;1H;1H2;/q+3;;;-2/p-1. The Hall–Kier alpha value is 0.382. The molecule has 2 nitrogen and oxygen atoms in total. The zero-order chi connectivity index (χ0) is 0. The minimum Gasteiger partial charge on any atom is -2.00 e. The molecule has 0 amide bonds. The monoisotopic (exact) mass is 80.0 g/mol. The molecule has 0 bridgehead atoms. The van der Waals surface area contributed by atoms with Gasteiger partial charge < -0.3 is 15.7 Å². The van der Waals surface area contributed by atoms with E-state index >= 15 is 0 Å². The van der Waals surface area contributed by atoms with Crippen LogP contribution in [0.3, 0.4) is 0 Å². The molecule has 0 aliphatic rings. The van der Waals surface area contributed by atoms with Crippen molar-refractivity contribution in [3.05, 3.63) is 0 Å². The number of rotatable bonds is 0. The summed E-state index contributed by atoms with van der Waals surface area (Å²) >= 11 is 0. The molecule has 24 valence electrons. The molecule has 2 N–H and O–H groups in total. The van der Waals surface area contributed by atoms with Gasteiger partial charge in [0.25, 0.3) is 0 Å². The Morgan fingerprint density at radius 2 is 1.00 bits per heavy atom. The number of hydrogen-bond donors (Lipinski definition) is 0. The molecule has 0 saturated carbocycles. The van der Waals surface area contributed by atoms with Crippen molar-refractivity contribution < 1.29 is 15.7 Å². The summed E-state index contributed by atoms with van der Waals surface area (Å²) in [4.78, 5) is 0. The fourth-order valence-corrected chi connectivity index (χ4v) is 0. The Morgan fingerprint density at radius 1 is 1.00 bits per heavy atom. The maximum Gasteiger partial charge on any atom is 3.00 e. The van der Waals surface area contributed by atoms with Crippen LogP contribution in [-0.2, 0) is 5.48 Å². The molecule has 4 heteroatoms.